The molecule has 0 bridgehead atoms. The Morgan fingerprint density at radius 2 is 1.20 bits per heavy atom. The van der Waals surface area contributed by atoms with E-state index in [1.165, 1.54) is 19.9 Å². The molecule has 6 aromatic rings. The molecule has 6 N–H and O–H groups in total. The summed E-state index contributed by atoms with van der Waals surface area (Å²) in [6.45, 7) is 2.85. The predicted octanol–water partition coefficient (Wildman–Crippen LogP) is 10.8. The van der Waals surface area contributed by atoms with Gasteiger partial charge in [0.25, 0.3) is 0 Å². The van der Waals surface area contributed by atoms with Crippen molar-refractivity contribution in [1.29, 1.82) is 0 Å². The molecule has 2 aromatic heterocycles. The van der Waals surface area contributed by atoms with E-state index in [0.717, 1.165) is 34.6 Å². The zero-order chi connectivity index (χ0) is 47.1. The van der Waals surface area contributed by atoms with E-state index in [9.17, 15) is 45.5 Å². The van der Waals surface area contributed by atoms with Gasteiger partial charge in [0.2, 0.25) is 5.91 Å². The quantitative estimate of drug-likeness (QED) is 0.0507. The maximum Gasteiger partial charge on any atom is 0.419 e. The van der Waals surface area contributed by atoms with Crippen LogP contribution in [0.4, 0.5) is 72.0 Å². The predicted molar refractivity (Wildman–Crippen MR) is 237 cm³/mol. The fourth-order valence-electron chi connectivity index (χ4n) is 6.96. The Kier molecular flexibility index (Phi) is 14.6. The van der Waals surface area contributed by atoms with Gasteiger partial charge in [0.15, 0.2) is 0 Å². The summed E-state index contributed by atoms with van der Waals surface area (Å²) in [5.74, 6) is 0.223. The van der Waals surface area contributed by atoms with E-state index in [4.69, 9.17) is 17.3 Å². The van der Waals surface area contributed by atoms with Gasteiger partial charge in [0.05, 0.1) is 28.9 Å². The third-order valence-corrected chi connectivity index (χ3v) is 10.1. The molecule has 0 saturated carbocycles. The highest BCUT2D eigenvalue weighted by molar-refractivity contribution is 6.29. The van der Waals surface area contributed by atoms with Crippen LogP contribution in [0.5, 0.6) is 0 Å². The first-order chi connectivity index (χ1) is 30.7. The number of alkyl halides is 6. The molecule has 1 amide bonds. The van der Waals surface area contributed by atoms with Gasteiger partial charge in [-0.3, -0.25) is 19.2 Å². The lowest BCUT2D eigenvalue weighted by Crippen LogP contribution is -2.11. The summed E-state index contributed by atoms with van der Waals surface area (Å²) in [5.41, 5.74) is 10.5. The Labute approximate surface area is 373 Å². The van der Waals surface area contributed by atoms with Gasteiger partial charge in [-0.25, -0.2) is 9.97 Å². The first-order valence-electron chi connectivity index (χ1n) is 19.8. The molecule has 0 saturated heterocycles. The molecular weight excluding hydrogens is 876 g/mol. The van der Waals surface area contributed by atoms with Gasteiger partial charge in [-0.05, 0) is 90.2 Å². The number of ketones is 3. The number of Topliss-reactive ketones (excluding diaryl/α,β-unsaturated/α-hetero) is 3. The van der Waals surface area contributed by atoms with Crippen LogP contribution in [0.15, 0.2) is 109 Å². The number of anilines is 8. The summed E-state index contributed by atoms with van der Waals surface area (Å²) >= 11 is 5.68. The molecule has 4 aromatic carbocycles. The van der Waals surface area contributed by atoms with E-state index >= 15 is 0 Å². The Morgan fingerprint density at radius 1 is 0.646 bits per heavy atom. The highest BCUT2D eigenvalue weighted by atomic mass is 35.5. The molecule has 1 aliphatic carbocycles. The van der Waals surface area contributed by atoms with Gasteiger partial charge in [-0.15, -0.1) is 0 Å². The topological polar surface area (TPSA) is 168 Å². The molecular formula is C47H40ClF6N7O4. The Balaban J connectivity index is 0.000000182. The van der Waals surface area contributed by atoms with Crippen LogP contribution in [0.3, 0.4) is 0 Å². The average Bonchev–Trinajstić information content (AvgIpc) is 3.78. The molecule has 0 atom stereocenters. The van der Waals surface area contributed by atoms with Gasteiger partial charge in [0, 0.05) is 72.6 Å². The van der Waals surface area contributed by atoms with Crippen LogP contribution in [0.1, 0.15) is 52.8 Å². The number of nitrogens with two attached hydrogens (primary N) is 1. The van der Waals surface area contributed by atoms with Gasteiger partial charge >= 0.3 is 12.4 Å². The highest BCUT2D eigenvalue weighted by Crippen LogP contribution is 2.39. The number of nitrogens with zero attached hydrogens (tertiary/aromatic N) is 2. The lowest BCUT2D eigenvalue weighted by Gasteiger charge is -2.18. The lowest BCUT2D eigenvalue weighted by molar-refractivity contribution is -0.138. The smallest absolute Gasteiger partial charge is 0.399 e. The SMILES string of the molecule is CC(=O)Cc1ccccc1Nc1cc(Cl)ncc1C(F)(F)F.CC(=O)Cc1ccccc1Nc1cc(Nc2ccc3c(c2)CC(=O)C3)ncc1C(F)(F)F.Nc1ccc2c(c1)CC(=O)N2. The standard InChI is InChI=1S/C24H20F3N3O2.C15H12ClF3N2O.C8H8N2O/c1-14(31)8-16-4-2-3-5-21(16)30-22-12-23(28-13-20(22)24(25,26)27)29-18-7-6-15-10-19(32)11-17(15)9-18;1-9(22)6-10-4-2-3-5-12(10)21-13-7-14(16)20-8-11(13)15(17,18)19;9-6-1-2-7-5(3-6)4-8(11)10-7/h2-7,9,12-13H,8,10-11H2,1H3,(H2,28,29,30);2-5,7-8H,6H2,1H3,(H,20,21);1-3H,4,9H2,(H,10,11). The molecule has 2 aliphatic rings. The summed E-state index contributed by atoms with van der Waals surface area (Å²) in [6.07, 6.45) is -6.27. The molecule has 11 nitrogen and oxygen atoms in total. The van der Waals surface area contributed by atoms with E-state index in [1.807, 2.05) is 24.3 Å². The van der Waals surface area contributed by atoms with E-state index < -0.39 is 23.5 Å². The molecule has 8 rings (SSSR count). The van der Waals surface area contributed by atoms with Crippen LogP contribution in [-0.2, 0) is 63.6 Å². The van der Waals surface area contributed by atoms with Gasteiger partial charge in [-0.1, -0.05) is 54.1 Å². The number of nitrogens with one attached hydrogen (secondary N) is 4. The number of rotatable bonds is 10. The third kappa shape index (κ3) is 12.9. The van der Waals surface area contributed by atoms with Crippen molar-refractivity contribution < 1.29 is 45.5 Å². The zero-order valence-electron chi connectivity index (χ0n) is 34.7. The van der Waals surface area contributed by atoms with E-state index in [-0.39, 0.29) is 58.4 Å². The average molecular weight is 916 g/mol. The van der Waals surface area contributed by atoms with Crippen molar-refractivity contribution in [3.63, 3.8) is 0 Å². The number of fused-ring (bicyclic) bond motifs is 2. The van der Waals surface area contributed by atoms with E-state index in [0.29, 0.717) is 59.3 Å². The summed E-state index contributed by atoms with van der Waals surface area (Å²) in [7, 11) is 0. The number of aromatic nitrogens is 2. The monoisotopic (exact) mass is 915 g/mol. The second kappa shape index (κ2) is 20.1. The molecule has 336 valence electrons. The van der Waals surface area contributed by atoms with Crippen molar-refractivity contribution >= 4 is 80.5 Å². The number of amides is 1. The van der Waals surface area contributed by atoms with Crippen molar-refractivity contribution in [3.8, 4) is 0 Å². The van der Waals surface area contributed by atoms with Crippen LogP contribution in [0, 0.1) is 0 Å². The van der Waals surface area contributed by atoms with Crippen molar-refractivity contribution in [2.75, 3.05) is 27.0 Å². The minimum Gasteiger partial charge on any atom is -0.399 e. The third-order valence-electron chi connectivity index (χ3n) is 9.85. The van der Waals surface area contributed by atoms with Crippen LogP contribution in [0.25, 0.3) is 0 Å². The largest absolute Gasteiger partial charge is 0.419 e. The first kappa shape index (κ1) is 47.2. The Bertz CT molecular complexity index is 2780. The second-order valence-electron chi connectivity index (χ2n) is 15.1. The second-order valence-corrected chi connectivity index (χ2v) is 15.5. The van der Waals surface area contributed by atoms with Gasteiger partial charge in [0.1, 0.15) is 28.3 Å². The van der Waals surface area contributed by atoms with Crippen molar-refractivity contribution in [2.45, 2.75) is 58.3 Å². The minimum atomic E-state index is -4.61. The molecule has 0 fully saturated rings. The minimum absolute atomic E-state index is 0.0469. The number of pyridine rings is 2. The van der Waals surface area contributed by atoms with E-state index in [2.05, 4.69) is 31.2 Å². The summed E-state index contributed by atoms with van der Waals surface area (Å²) in [5, 5.41) is 11.2. The summed E-state index contributed by atoms with van der Waals surface area (Å²) in [6, 6.07) is 26.7. The fraction of sp³-hybridized carbons (Fsp3) is 0.191. The molecule has 0 radical (unpaired) electrons. The lowest BCUT2D eigenvalue weighted by atomic mass is 10.1. The Morgan fingerprint density at radius 3 is 1.78 bits per heavy atom. The first-order valence-corrected chi connectivity index (χ1v) is 20.2. The summed E-state index contributed by atoms with van der Waals surface area (Å²) in [4.78, 5) is 52.7. The number of halogens is 7. The normalized spacial score (nSPS) is 12.7. The number of hydrogen-bond acceptors (Lipinski definition) is 10. The maximum absolute atomic E-state index is 13.6. The van der Waals surface area contributed by atoms with Crippen molar-refractivity contribution in [2.24, 2.45) is 0 Å². The van der Waals surface area contributed by atoms with Crippen molar-refractivity contribution in [1.82, 2.24) is 9.97 Å². The zero-order valence-corrected chi connectivity index (χ0v) is 35.4. The molecule has 0 unspecified atom stereocenters. The highest BCUT2D eigenvalue weighted by Gasteiger charge is 2.35. The number of para-hydroxylation sites is 2. The van der Waals surface area contributed by atoms with Crippen LogP contribution in [-0.4, -0.2) is 33.2 Å². The summed E-state index contributed by atoms with van der Waals surface area (Å²) < 4.78 is 79.9. The number of benzene rings is 4. The number of carbonyl (C=O) groups excluding carboxylic acids is 4. The van der Waals surface area contributed by atoms with Crippen LogP contribution in [0.2, 0.25) is 5.15 Å². The van der Waals surface area contributed by atoms with Crippen molar-refractivity contribution in [3.05, 3.63) is 154 Å². The van der Waals surface area contributed by atoms with E-state index in [1.54, 1.807) is 60.7 Å². The number of nitrogen functional groups attached to an aromatic ring is 1. The molecule has 18 heteroatoms. The molecule has 0 spiro atoms. The molecule has 65 heavy (non-hydrogen) atoms. The number of carbonyl (C=O) groups is 4. The number of hydrogen-bond donors (Lipinski definition) is 5. The maximum atomic E-state index is 13.6. The Hall–Kier alpha value is -7.27. The van der Waals surface area contributed by atoms with Gasteiger partial charge in [-0.2, -0.15) is 26.3 Å². The fourth-order valence-corrected chi connectivity index (χ4v) is 7.11. The van der Waals surface area contributed by atoms with Crippen LogP contribution < -0.4 is 27.0 Å². The molecule has 3 heterocycles. The molecule has 1 aliphatic heterocycles. The van der Waals surface area contributed by atoms with Gasteiger partial charge < -0.3 is 27.0 Å². The van der Waals surface area contributed by atoms with Crippen LogP contribution >= 0.6 is 11.6 Å².